The lowest BCUT2D eigenvalue weighted by atomic mass is 9.93. The van der Waals surface area contributed by atoms with E-state index < -0.39 is 0 Å². The Morgan fingerprint density at radius 2 is 1.60 bits per heavy atom. The van der Waals surface area contributed by atoms with Crippen molar-refractivity contribution in [2.24, 2.45) is 11.7 Å². The lowest BCUT2D eigenvalue weighted by Gasteiger charge is -2.27. The van der Waals surface area contributed by atoms with E-state index in [0.29, 0.717) is 18.5 Å². The van der Waals surface area contributed by atoms with Crippen LogP contribution in [0.4, 0.5) is 0 Å². The summed E-state index contributed by atoms with van der Waals surface area (Å²) in [5.74, 6) is -0.551. The lowest BCUT2D eigenvalue weighted by molar-refractivity contribution is -0.121. The number of fused-ring (bicyclic) bond motifs is 1. The monoisotopic (exact) mass is 559 g/mol. The van der Waals surface area contributed by atoms with Gasteiger partial charge in [-0.05, 0) is 54.4 Å². The first-order valence-corrected chi connectivity index (χ1v) is 14.7. The largest absolute Gasteiger partial charge is 0.393 e. The second-order valence-corrected chi connectivity index (χ2v) is 11.5. The van der Waals surface area contributed by atoms with Crippen molar-refractivity contribution in [3.63, 3.8) is 0 Å². The number of benzene rings is 3. The zero-order chi connectivity index (χ0) is 29.2. The Hall–Kier alpha value is -4.49. The first kappa shape index (κ1) is 27.7. The van der Waals surface area contributed by atoms with Gasteiger partial charge in [0, 0.05) is 24.1 Å². The van der Waals surface area contributed by atoms with Crippen LogP contribution in [0.1, 0.15) is 49.8 Å². The molecule has 1 aliphatic rings. The normalized spacial score (nSPS) is 17.8. The van der Waals surface area contributed by atoms with Crippen molar-refractivity contribution < 1.29 is 9.90 Å². The summed E-state index contributed by atoms with van der Waals surface area (Å²) in [6.07, 6.45) is 5.27. The molecule has 1 atom stereocenters. The average molecular weight is 560 g/mol. The van der Waals surface area contributed by atoms with Crippen LogP contribution in [0, 0.1) is 11.3 Å². The minimum Gasteiger partial charge on any atom is -0.393 e. The molecule has 214 valence electrons. The standard InChI is InChI=1S/C35H37N5O2/c1-23(34(37)42)19-24-9-8-10-25(20-24)21-39-32(27-13-6-3-7-14-27)30(26-11-4-2-5-12-26)31-33(36)40(22-38-35(31)39)28-15-17-29(41)18-16-28/h2-14,20,22-23,28-29,36,41H,15-19,21H2,1H3,(H2,37,42). The summed E-state index contributed by atoms with van der Waals surface area (Å²) in [7, 11) is 0. The van der Waals surface area contributed by atoms with Crippen LogP contribution in [0.5, 0.6) is 0 Å². The predicted octanol–water partition coefficient (Wildman–Crippen LogP) is 5.84. The molecule has 1 saturated carbocycles. The van der Waals surface area contributed by atoms with Gasteiger partial charge in [0.2, 0.25) is 5.91 Å². The minimum absolute atomic E-state index is 0.133. The maximum atomic E-state index is 11.7. The summed E-state index contributed by atoms with van der Waals surface area (Å²) in [5.41, 5.74) is 13.0. The van der Waals surface area contributed by atoms with Gasteiger partial charge in [-0.1, -0.05) is 91.9 Å². The number of aliphatic hydroxyl groups is 1. The van der Waals surface area contributed by atoms with Gasteiger partial charge in [-0.2, -0.15) is 0 Å². The van der Waals surface area contributed by atoms with Crippen molar-refractivity contribution in [1.82, 2.24) is 14.1 Å². The van der Waals surface area contributed by atoms with Crippen LogP contribution in [-0.2, 0) is 17.8 Å². The molecular formula is C35H37N5O2. The first-order chi connectivity index (χ1) is 20.4. The topological polar surface area (TPSA) is 110 Å². The van der Waals surface area contributed by atoms with E-state index in [1.165, 1.54) is 0 Å². The lowest BCUT2D eigenvalue weighted by Crippen LogP contribution is -2.29. The highest BCUT2D eigenvalue weighted by Crippen LogP contribution is 2.40. The summed E-state index contributed by atoms with van der Waals surface area (Å²) in [6, 6.07) is 29.0. The Morgan fingerprint density at radius 1 is 0.952 bits per heavy atom. The van der Waals surface area contributed by atoms with Gasteiger partial charge in [0.15, 0.2) is 0 Å². The fourth-order valence-electron chi connectivity index (χ4n) is 6.31. The predicted molar refractivity (Wildman–Crippen MR) is 166 cm³/mol. The molecule has 7 nitrogen and oxygen atoms in total. The van der Waals surface area contributed by atoms with Gasteiger partial charge in [0.05, 0.1) is 23.5 Å². The van der Waals surface area contributed by atoms with Gasteiger partial charge in [-0.25, -0.2) is 4.98 Å². The quantitative estimate of drug-likeness (QED) is 0.222. The van der Waals surface area contributed by atoms with Crippen LogP contribution in [-0.4, -0.2) is 31.2 Å². The van der Waals surface area contributed by atoms with Gasteiger partial charge >= 0.3 is 0 Å². The number of hydrogen-bond acceptors (Lipinski definition) is 4. The molecule has 4 N–H and O–H groups in total. The number of rotatable bonds is 8. The molecule has 2 aromatic heterocycles. The summed E-state index contributed by atoms with van der Waals surface area (Å²) < 4.78 is 4.24. The van der Waals surface area contributed by atoms with Crippen molar-refractivity contribution in [1.29, 1.82) is 5.41 Å². The highest BCUT2D eigenvalue weighted by molar-refractivity contribution is 6.02. The van der Waals surface area contributed by atoms with Crippen LogP contribution in [0.2, 0.25) is 0 Å². The number of hydrogen-bond donors (Lipinski definition) is 3. The molecule has 7 heteroatoms. The van der Waals surface area contributed by atoms with E-state index in [0.717, 1.165) is 70.2 Å². The number of nitrogens with two attached hydrogens (primary N) is 1. The minimum atomic E-state index is -0.302. The third-order valence-corrected chi connectivity index (χ3v) is 8.56. The molecular weight excluding hydrogens is 522 g/mol. The van der Waals surface area contributed by atoms with E-state index in [-0.39, 0.29) is 24.0 Å². The summed E-state index contributed by atoms with van der Waals surface area (Å²) in [4.78, 5) is 16.8. The second-order valence-electron chi connectivity index (χ2n) is 11.5. The van der Waals surface area contributed by atoms with Gasteiger partial charge in [-0.15, -0.1) is 0 Å². The molecule has 5 aromatic rings. The molecule has 0 radical (unpaired) electrons. The fraction of sp³-hybridized carbons (Fsp3) is 0.286. The van der Waals surface area contributed by atoms with Crippen LogP contribution >= 0.6 is 0 Å². The summed E-state index contributed by atoms with van der Waals surface area (Å²) >= 11 is 0. The second kappa shape index (κ2) is 11.8. The molecule has 1 unspecified atom stereocenters. The molecule has 1 fully saturated rings. The highest BCUT2D eigenvalue weighted by Gasteiger charge is 2.26. The van der Waals surface area contributed by atoms with Crippen LogP contribution < -0.4 is 11.2 Å². The van der Waals surface area contributed by atoms with Crippen molar-refractivity contribution in [2.45, 2.75) is 57.7 Å². The Balaban J connectivity index is 1.57. The van der Waals surface area contributed by atoms with Crippen LogP contribution in [0.15, 0.2) is 91.3 Å². The summed E-state index contributed by atoms with van der Waals surface area (Å²) in [5, 5.41) is 20.5. The molecule has 0 aliphatic heterocycles. The molecule has 0 spiro atoms. The molecule has 2 heterocycles. The molecule has 1 amide bonds. The maximum absolute atomic E-state index is 11.7. The maximum Gasteiger partial charge on any atom is 0.220 e. The van der Waals surface area contributed by atoms with E-state index in [2.05, 4.69) is 41.0 Å². The fourth-order valence-corrected chi connectivity index (χ4v) is 6.31. The number of aliphatic hydroxyl groups excluding tert-OH is 1. The third kappa shape index (κ3) is 5.40. The third-order valence-electron chi connectivity index (χ3n) is 8.56. The number of carbonyl (C=O) groups is 1. The Morgan fingerprint density at radius 3 is 2.26 bits per heavy atom. The Kier molecular flexibility index (Phi) is 7.76. The van der Waals surface area contributed by atoms with Gasteiger partial charge < -0.3 is 20.0 Å². The van der Waals surface area contributed by atoms with Gasteiger partial charge in [-0.3, -0.25) is 10.2 Å². The Labute approximate surface area is 245 Å². The van der Waals surface area contributed by atoms with E-state index >= 15 is 0 Å². The average Bonchev–Trinajstić information content (AvgIpc) is 3.33. The van der Waals surface area contributed by atoms with E-state index in [9.17, 15) is 15.3 Å². The number of nitrogens with one attached hydrogen (secondary N) is 1. The zero-order valence-corrected chi connectivity index (χ0v) is 23.9. The molecule has 1 aliphatic carbocycles. The summed E-state index contributed by atoms with van der Waals surface area (Å²) in [6.45, 7) is 2.41. The van der Waals surface area contributed by atoms with Crippen LogP contribution in [0.3, 0.4) is 0 Å². The molecule has 0 saturated heterocycles. The number of amides is 1. The molecule has 0 bridgehead atoms. The van der Waals surface area contributed by atoms with E-state index in [4.69, 9.17) is 10.7 Å². The van der Waals surface area contributed by atoms with Gasteiger partial charge in [0.25, 0.3) is 0 Å². The van der Waals surface area contributed by atoms with Gasteiger partial charge in [0.1, 0.15) is 11.1 Å². The van der Waals surface area contributed by atoms with Crippen molar-refractivity contribution in [3.05, 3.63) is 108 Å². The molecule has 42 heavy (non-hydrogen) atoms. The zero-order valence-electron chi connectivity index (χ0n) is 23.9. The van der Waals surface area contributed by atoms with E-state index in [1.807, 2.05) is 66.3 Å². The SMILES string of the molecule is CC(Cc1cccc(Cn2c(-c3ccccc3)c(-c3ccccc3)c3c(=N)n(C4CCC(O)CC4)cnc32)c1)C(N)=O. The Bertz CT molecular complexity index is 1770. The van der Waals surface area contributed by atoms with E-state index in [1.54, 1.807) is 0 Å². The number of primary amides is 1. The highest BCUT2D eigenvalue weighted by atomic mass is 16.3. The number of nitrogens with zero attached hydrogens (tertiary/aromatic N) is 3. The van der Waals surface area contributed by atoms with Crippen molar-refractivity contribution in [2.75, 3.05) is 0 Å². The number of carbonyl (C=O) groups excluding carboxylic acids is 1. The van der Waals surface area contributed by atoms with Crippen molar-refractivity contribution >= 4 is 16.9 Å². The van der Waals surface area contributed by atoms with Crippen molar-refractivity contribution in [3.8, 4) is 22.4 Å². The first-order valence-electron chi connectivity index (χ1n) is 14.7. The number of aromatic nitrogens is 3. The smallest absolute Gasteiger partial charge is 0.220 e. The molecule has 3 aromatic carbocycles. The van der Waals surface area contributed by atoms with Crippen LogP contribution in [0.25, 0.3) is 33.4 Å². The molecule has 6 rings (SSSR count).